The molecule has 2 N–H and O–H groups in total. The average Bonchev–Trinajstić information content (AvgIpc) is 3.08. The van der Waals surface area contributed by atoms with Gasteiger partial charge in [-0.25, -0.2) is 14.8 Å². The quantitative estimate of drug-likeness (QED) is 0.854. The smallest absolute Gasteiger partial charge is 0.360 e. The first-order chi connectivity index (χ1) is 9.58. The molecule has 1 atom stereocenters. The van der Waals surface area contributed by atoms with Gasteiger partial charge < -0.3 is 15.0 Å². The summed E-state index contributed by atoms with van der Waals surface area (Å²) in [7, 11) is 1.32. The molecule has 0 saturated heterocycles. The minimum Gasteiger partial charge on any atom is -0.464 e. The molecule has 0 fully saturated rings. The molecule has 7 heteroatoms. The fourth-order valence-electron chi connectivity index (χ4n) is 2.06. The van der Waals surface area contributed by atoms with E-state index in [1.165, 1.54) is 7.11 Å². The summed E-state index contributed by atoms with van der Waals surface area (Å²) < 4.78 is 6.58. The third-order valence-corrected chi connectivity index (χ3v) is 4.12. The van der Waals surface area contributed by atoms with E-state index in [2.05, 4.69) is 16.9 Å². The van der Waals surface area contributed by atoms with Crippen LogP contribution in [0.4, 0.5) is 5.82 Å². The number of imidazole rings is 1. The van der Waals surface area contributed by atoms with Crippen molar-refractivity contribution in [3.05, 3.63) is 28.1 Å². The molecule has 6 nitrogen and oxygen atoms in total. The lowest BCUT2D eigenvalue weighted by molar-refractivity contribution is 0.0595. The van der Waals surface area contributed by atoms with Crippen LogP contribution in [-0.2, 0) is 17.7 Å². The van der Waals surface area contributed by atoms with Crippen molar-refractivity contribution in [2.75, 3.05) is 12.8 Å². The summed E-state index contributed by atoms with van der Waals surface area (Å²) in [5.41, 5.74) is 6.23. The normalized spacial score (nSPS) is 12.3. The number of hydrogen-bond donors (Lipinski definition) is 1. The van der Waals surface area contributed by atoms with Crippen LogP contribution in [0.1, 0.15) is 41.1 Å². The average molecular weight is 294 g/mol. The highest BCUT2D eigenvalue weighted by Crippen LogP contribution is 2.24. The molecule has 1 unspecified atom stereocenters. The zero-order valence-electron chi connectivity index (χ0n) is 11.8. The summed E-state index contributed by atoms with van der Waals surface area (Å²) >= 11 is 1.61. The number of aromatic nitrogens is 3. The van der Waals surface area contributed by atoms with Crippen LogP contribution in [0.5, 0.6) is 0 Å². The molecule has 2 heterocycles. The monoisotopic (exact) mass is 294 g/mol. The van der Waals surface area contributed by atoms with Crippen molar-refractivity contribution in [1.82, 2.24) is 14.5 Å². The number of rotatable bonds is 5. The van der Waals surface area contributed by atoms with Crippen molar-refractivity contribution >= 4 is 23.1 Å². The number of esters is 1. The van der Waals surface area contributed by atoms with Crippen LogP contribution in [0.2, 0.25) is 0 Å². The number of ether oxygens (including phenoxy) is 1. The maximum Gasteiger partial charge on any atom is 0.360 e. The number of nitrogen functional groups attached to an aromatic ring is 1. The summed E-state index contributed by atoms with van der Waals surface area (Å²) in [6.45, 7) is 4.70. The predicted octanol–water partition coefficient (Wildman–Crippen LogP) is 2.07. The van der Waals surface area contributed by atoms with Gasteiger partial charge >= 0.3 is 5.97 Å². The predicted molar refractivity (Wildman–Crippen MR) is 77.9 cm³/mol. The van der Waals surface area contributed by atoms with Gasteiger partial charge in [-0.05, 0) is 0 Å². The minimum atomic E-state index is -0.502. The van der Waals surface area contributed by atoms with Gasteiger partial charge in [0.05, 0.1) is 12.1 Å². The van der Waals surface area contributed by atoms with Gasteiger partial charge in [0.2, 0.25) is 0 Å². The second-order valence-electron chi connectivity index (χ2n) is 4.49. The maximum atomic E-state index is 11.6. The number of carbonyl (C=O) groups excluding carboxylic acids is 1. The number of aryl methyl sites for hydroxylation is 1. The molecule has 0 spiro atoms. The van der Waals surface area contributed by atoms with Gasteiger partial charge in [0.25, 0.3) is 0 Å². The van der Waals surface area contributed by atoms with Crippen LogP contribution < -0.4 is 5.73 Å². The zero-order chi connectivity index (χ0) is 14.7. The van der Waals surface area contributed by atoms with E-state index >= 15 is 0 Å². The number of methoxy groups -OCH3 is 1. The lowest BCUT2D eigenvalue weighted by Crippen LogP contribution is -2.13. The van der Waals surface area contributed by atoms with Gasteiger partial charge in [0, 0.05) is 30.5 Å². The summed E-state index contributed by atoms with van der Waals surface area (Å²) in [6.07, 6.45) is 2.49. The fraction of sp³-hybridized carbons (Fsp3) is 0.462. The van der Waals surface area contributed by atoms with E-state index in [0.717, 1.165) is 10.8 Å². The molecule has 2 aromatic rings. The molecule has 0 aliphatic heterocycles. The van der Waals surface area contributed by atoms with Crippen LogP contribution >= 0.6 is 11.3 Å². The molecule has 0 aromatic carbocycles. The fourth-order valence-corrected chi connectivity index (χ4v) is 2.75. The van der Waals surface area contributed by atoms with Gasteiger partial charge in [0.15, 0.2) is 5.69 Å². The number of hydrogen-bond acceptors (Lipinski definition) is 6. The van der Waals surface area contributed by atoms with E-state index in [4.69, 9.17) is 10.5 Å². The van der Waals surface area contributed by atoms with Crippen LogP contribution in [0.3, 0.4) is 0 Å². The van der Waals surface area contributed by atoms with Crippen molar-refractivity contribution in [2.45, 2.75) is 32.7 Å². The van der Waals surface area contributed by atoms with Gasteiger partial charge in [-0.15, -0.1) is 11.3 Å². The first-order valence-electron chi connectivity index (χ1n) is 6.41. The Morgan fingerprint density at radius 3 is 2.90 bits per heavy atom. The van der Waals surface area contributed by atoms with Crippen LogP contribution in [0, 0.1) is 0 Å². The van der Waals surface area contributed by atoms with Gasteiger partial charge in [-0.1, -0.05) is 13.8 Å². The largest absolute Gasteiger partial charge is 0.464 e. The molecule has 20 heavy (non-hydrogen) atoms. The van der Waals surface area contributed by atoms with E-state index in [1.807, 2.05) is 16.9 Å². The Balaban J connectivity index is 2.31. The zero-order valence-corrected chi connectivity index (χ0v) is 12.6. The molecule has 0 bridgehead atoms. The minimum absolute atomic E-state index is 0.190. The first-order valence-corrected chi connectivity index (χ1v) is 7.29. The SMILES string of the molecule is CCc1nc(C(=O)OC)c(N)n1CC(C)c1nccs1. The molecule has 2 rings (SSSR count). The van der Waals surface area contributed by atoms with Gasteiger partial charge in [0.1, 0.15) is 11.6 Å². The number of carbonyl (C=O) groups is 1. The Morgan fingerprint density at radius 1 is 1.60 bits per heavy atom. The highest BCUT2D eigenvalue weighted by molar-refractivity contribution is 7.09. The van der Waals surface area contributed by atoms with Crippen LogP contribution in [0.15, 0.2) is 11.6 Å². The van der Waals surface area contributed by atoms with Crippen molar-refractivity contribution < 1.29 is 9.53 Å². The second kappa shape index (κ2) is 6.04. The first kappa shape index (κ1) is 14.5. The van der Waals surface area contributed by atoms with Crippen molar-refractivity contribution in [2.24, 2.45) is 0 Å². The summed E-state index contributed by atoms with van der Waals surface area (Å²) in [5.74, 6) is 0.851. The molecular formula is C13H18N4O2S. The van der Waals surface area contributed by atoms with Gasteiger partial charge in [-0.2, -0.15) is 0 Å². The second-order valence-corrected chi connectivity index (χ2v) is 5.42. The molecule has 108 valence electrons. The molecular weight excluding hydrogens is 276 g/mol. The maximum absolute atomic E-state index is 11.6. The standard InChI is InChI=1S/C13H18N4O2S/c1-4-9-16-10(13(18)19-3)11(14)17(9)7-8(2)12-15-5-6-20-12/h5-6,8H,4,7,14H2,1-3H3. The van der Waals surface area contributed by atoms with Crippen LogP contribution in [-0.4, -0.2) is 27.6 Å². The highest BCUT2D eigenvalue weighted by atomic mass is 32.1. The van der Waals surface area contributed by atoms with Crippen molar-refractivity contribution in [1.29, 1.82) is 0 Å². The summed E-state index contributed by atoms with van der Waals surface area (Å²) in [4.78, 5) is 20.2. The molecule has 2 aromatic heterocycles. The van der Waals surface area contributed by atoms with E-state index in [9.17, 15) is 4.79 Å². The highest BCUT2D eigenvalue weighted by Gasteiger charge is 2.22. The Morgan fingerprint density at radius 2 is 2.35 bits per heavy atom. The van der Waals surface area contributed by atoms with E-state index in [0.29, 0.717) is 18.8 Å². The van der Waals surface area contributed by atoms with E-state index in [-0.39, 0.29) is 11.6 Å². The number of nitrogens with zero attached hydrogens (tertiary/aromatic N) is 3. The van der Waals surface area contributed by atoms with Crippen molar-refractivity contribution in [3.8, 4) is 0 Å². The Labute approximate surface area is 121 Å². The number of nitrogens with two attached hydrogens (primary N) is 1. The molecule has 0 amide bonds. The molecule has 0 saturated carbocycles. The number of anilines is 1. The number of thiazole rings is 1. The van der Waals surface area contributed by atoms with E-state index < -0.39 is 5.97 Å². The van der Waals surface area contributed by atoms with Crippen molar-refractivity contribution in [3.63, 3.8) is 0 Å². The Hall–Kier alpha value is -1.89. The molecule has 0 aliphatic carbocycles. The van der Waals surface area contributed by atoms with Gasteiger partial charge in [-0.3, -0.25) is 0 Å². The lowest BCUT2D eigenvalue weighted by Gasteiger charge is -2.13. The Kier molecular flexibility index (Phi) is 4.39. The Bertz CT molecular complexity index is 592. The van der Waals surface area contributed by atoms with E-state index in [1.54, 1.807) is 17.5 Å². The topological polar surface area (TPSA) is 83.0 Å². The molecule has 0 aliphatic rings. The third-order valence-electron chi connectivity index (χ3n) is 3.11. The summed E-state index contributed by atoms with van der Waals surface area (Å²) in [5, 5.41) is 2.99. The molecule has 0 radical (unpaired) electrons. The van der Waals surface area contributed by atoms with Crippen LogP contribution in [0.25, 0.3) is 0 Å². The lowest BCUT2D eigenvalue weighted by atomic mass is 10.2. The third kappa shape index (κ3) is 2.67. The summed E-state index contributed by atoms with van der Waals surface area (Å²) in [6, 6.07) is 0.